The molecule has 0 aliphatic rings. The third-order valence-corrected chi connectivity index (χ3v) is 4.66. The van der Waals surface area contributed by atoms with E-state index in [-0.39, 0.29) is 0 Å². The van der Waals surface area contributed by atoms with E-state index < -0.39 is 0 Å². The number of hydrogen-bond acceptors (Lipinski definition) is 4. The monoisotopic (exact) mass is 374 g/mol. The summed E-state index contributed by atoms with van der Waals surface area (Å²) in [6, 6.07) is 8.23. The SMILES string of the molecule is CCNC(=NCCc1csc(C)n1)NCCOc1ccccc1C(C)C. The molecule has 142 valence electrons. The van der Waals surface area contributed by atoms with Gasteiger partial charge in [0, 0.05) is 24.9 Å². The fourth-order valence-corrected chi connectivity index (χ4v) is 3.21. The molecule has 0 spiro atoms. The third-order valence-electron chi connectivity index (χ3n) is 3.84. The maximum absolute atomic E-state index is 5.95. The Bertz CT molecular complexity index is 697. The van der Waals surface area contributed by atoms with Crippen molar-refractivity contribution >= 4 is 17.3 Å². The van der Waals surface area contributed by atoms with Gasteiger partial charge in [-0.25, -0.2) is 4.98 Å². The summed E-state index contributed by atoms with van der Waals surface area (Å²) in [7, 11) is 0. The lowest BCUT2D eigenvalue weighted by Crippen LogP contribution is -2.39. The molecule has 26 heavy (non-hydrogen) atoms. The van der Waals surface area contributed by atoms with E-state index in [1.807, 2.05) is 19.1 Å². The molecule has 0 fully saturated rings. The number of hydrogen-bond donors (Lipinski definition) is 2. The maximum Gasteiger partial charge on any atom is 0.191 e. The van der Waals surface area contributed by atoms with Crippen LogP contribution in [0.5, 0.6) is 5.75 Å². The van der Waals surface area contributed by atoms with Crippen LogP contribution in [0, 0.1) is 6.92 Å². The van der Waals surface area contributed by atoms with Gasteiger partial charge in [0.2, 0.25) is 0 Å². The number of aromatic nitrogens is 1. The number of ether oxygens (including phenoxy) is 1. The molecule has 1 aromatic heterocycles. The van der Waals surface area contributed by atoms with Crippen LogP contribution >= 0.6 is 11.3 Å². The first-order valence-electron chi connectivity index (χ1n) is 9.25. The summed E-state index contributed by atoms with van der Waals surface area (Å²) in [6.07, 6.45) is 0.860. The van der Waals surface area contributed by atoms with E-state index >= 15 is 0 Å². The quantitative estimate of drug-likeness (QED) is 0.399. The molecule has 0 saturated heterocycles. The molecule has 0 amide bonds. The molecule has 1 aromatic carbocycles. The van der Waals surface area contributed by atoms with E-state index in [0.29, 0.717) is 19.1 Å². The van der Waals surface area contributed by atoms with Crippen molar-refractivity contribution in [1.82, 2.24) is 15.6 Å². The zero-order chi connectivity index (χ0) is 18.8. The first-order valence-corrected chi connectivity index (χ1v) is 10.1. The Labute approximate surface area is 160 Å². The minimum Gasteiger partial charge on any atom is -0.491 e. The molecule has 0 unspecified atom stereocenters. The van der Waals surface area contributed by atoms with Gasteiger partial charge in [-0.2, -0.15) is 0 Å². The van der Waals surface area contributed by atoms with Gasteiger partial charge in [-0.15, -0.1) is 11.3 Å². The Hall–Kier alpha value is -2.08. The Balaban J connectivity index is 1.78. The molecule has 0 aliphatic carbocycles. The van der Waals surface area contributed by atoms with Gasteiger partial charge in [0.1, 0.15) is 12.4 Å². The normalized spacial score (nSPS) is 11.7. The van der Waals surface area contributed by atoms with E-state index in [2.05, 4.69) is 58.9 Å². The molecule has 1 heterocycles. The topological polar surface area (TPSA) is 58.5 Å². The molecule has 6 heteroatoms. The highest BCUT2D eigenvalue weighted by atomic mass is 32.1. The summed E-state index contributed by atoms with van der Waals surface area (Å²) in [6.45, 7) is 11.3. The Morgan fingerprint density at radius 3 is 2.77 bits per heavy atom. The molecule has 5 nitrogen and oxygen atoms in total. The van der Waals surface area contributed by atoms with Crippen molar-refractivity contribution in [1.29, 1.82) is 0 Å². The van der Waals surface area contributed by atoms with E-state index in [1.165, 1.54) is 5.56 Å². The van der Waals surface area contributed by atoms with Gasteiger partial charge in [0.25, 0.3) is 0 Å². The number of nitrogens with one attached hydrogen (secondary N) is 2. The molecule has 0 radical (unpaired) electrons. The van der Waals surface area contributed by atoms with Crippen molar-refractivity contribution in [2.24, 2.45) is 4.99 Å². The second-order valence-electron chi connectivity index (χ2n) is 6.34. The van der Waals surface area contributed by atoms with E-state index in [4.69, 9.17) is 4.74 Å². The zero-order valence-corrected chi connectivity index (χ0v) is 17.0. The van der Waals surface area contributed by atoms with E-state index in [9.17, 15) is 0 Å². The fourth-order valence-electron chi connectivity index (χ4n) is 2.57. The second-order valence-corrected chi connectivity index (χ2v) is 7.40. The number of aryl methyl sites for hydroxylation is 1. The Morgan fingerprint density at radius 1 is 1.27 bits per heavy atom. The molecule has 2 aromatic rings. The number of guanidine groups is 1. The smallest absolute Gasteiger partial charge is 0.191 e. The standard InChI is InChI=1S/C20H30N4OS/c1-5-21-20(22-11-10-17-14-26-16(4)24-17)23-12-13-25-19-9-7-6-8-18(19)15(2)3/h6-9,14-15H,5,10-13H2,1-4H3,(H2,21,22,23). The average Bonchev–Trinajstić information content (AvgIpc) is 3.04. The molecular formula is C20H30N4OS. The lowest BCUT2D eigenvalue weighted by atomic mass is 10.0. The van der Waals surface area contributed by atoms with Crippen LogP contribution in [0.15, 0.2) is 34.6 Å². The highest BCUT2D eigenvalue weighted by Crippen LogP contribution is 2.25. The summed E-state index contributed by atoms with van der Waals surface area (Å²) in [5.41, 5.74) is 2.35. The minimum atomic E-state index is 0.451. The highest BCUT2D eigenvalue weighted by Gasteiger charge is 2.06. The third kappa shape index (κ3) is 6.67. The van der Waals surface area contributed by atoms with Crippen molar-refractivity contribution in [2.45, 2.75) is 40.0 Å². The van der Waals surface area contributed by atoms with Gasteiger partial charge < -0.3 is 15.4 Å². The van der Waals surface area contributed by atoms with Crippen molar-refractivity contribution in [3.63, 3.8) is 0 Å². The minimum absolute atomic E-state index is 0.451. The van der Waals surface area contributed by atoms with Crippen molar-refractivity contribution in [2.75, 3.05) is 26.2 Å². The lowest BCUT2D eigenvalue weighted by Gasteiger charge is -2.15. The Kier molecular flexibility index (Phi) is 8.41. The second kappa shape index (κ2) is 10.8. The van der Waals surface area contributed by atoms with Crippen molar-refractivity contribution < 1.29 is 4.74 Å². The van der Waals surface area contributed by atoms with Gasteiger partial charge >= 0.3 is 0 Å². The first-order chi connectivity index (χ1) is 12.6. The zero-order valence-electron chi connectivity index (χ0n) is 16.2. The van der Waals surface area contributed by atoms with Gasteiger partial charge in [-0.1, -0.05) is 32.0 Å². The molecule has 0 saturated carbocycles. The molecule has 0 atom stereocenters. The summed E-state index contributed by atoms with van der Waals surface area (Å²) in [5.74, 6) is 2.23. The predicted octanol–water partition coefficient (Wildman–Crippen LogP) is 3.75. The Morgan fingerprint density at radius 2 is 2.08 bits per heavy atom. The highest BCUT2D eigenvalue weighted by molar-refractivity contribution is 7.09. The van der Waals surface area contributed by atoms with Crippen molar-refractivity contribution in [3.05, 3.63) is 45.9 Å². The largest absolute Gasteiger partial charge is 0.491 e. The predicted molar refractivity (Wildman–Crippen MR) is 111 cm³/mol. The van der Waals surface area contributed by atoms with Crippen LogP contribution in [-0.4, -0.2) is 37.2 Å². The summed E-state index contributed by atoms with van der Waals surface area (Å²) >= 11 is 1.68. The summed E-state index contributed by atoms with van der Waals surface area (Å²) in [5, 5.41) is 9.80. The van der Waals surface area contributed by atoms with Gasteiger partial charge in [-0.05, 0) is 31.4 Å². The summed E-state index contributed by atoms with van der Waals surface area (Å²) < 4.78 is 5.95. The van der Waals surface area contributed by atoms with Crippen LogP contribution in [-0.2, 0) is 6.42 Å². The van der Waals surface area contributed by atoms with Crippen LogP contribution in [0.2, 0.25) is 0 Å². The molecule has 2 rings (SSSR count). The number of thiazole rings is 1. The van der Waals surface area contributed by atoms with Crippen LogP contribution in [0.3, 0.4) is 0 Å². The van der Waals surface area contributed by atoms with E-state index in [0.717, 1.165) is 41.9 Å². The fraction of sp³-hybridized carbons (Fsp3) is 0.500. The van der Waals surface area contributed by atoms with E-state index in [1.54, 1.807) is 11.3 Å². The van der Waals surface area contributed by atoms with Gasteiger partial charge in [-0.3, -0.25) is 4.99 Å². The molecule has 0 aliphatic heterocycles. The van der Waals surface area contributed by atoms with Crippen LogP contribution in [0.4, 0.5) is 0 Å². The van der Waals surface area contributed by atoms with Crippen LogP contribution in [0.1, 0.15) is 43.0 Å². The molecule has 0 bridgehead atoms. The van der Waals surface area contributed by atoms with Crippen LogP contribution in [0.25, 0.3) is 0 Å². The number of para-hydroxylation sites is 1. The van der Waals surface area contributed by atoms with Gasteiger partial charge in [0.15, 0.2) is 5.96 Å². The molecule has 2 N–H and O–H groups in total. The lowest BCUT2D eigenvalue weighted by molar-refractivity contribution is 0.317. The first kappa shape index (κ1) is 20.2. The number of nitrogens with zero attached hydrogens (tertiary/aromatic N) is 2. The number of benzene rings is 1. The van der Waals surface area contributed by atoms with Crippen LogP contribution < -0.4 is 15.4 Å². The number of aliphatic imine (C=N–C) groups is 1. The molecular weight excluding hydrogens is 344 g/mol. The van der Waals surface area contributed by atoms with Crippen molar-refractivity contribution in [3.8, 4) is 5.75 Å². The number of rotatable bonds is 9. The average molecular weight is 375 g/mol. The maximum atomic E-state index is 5.95. The summed E-state index contributed by atoms with van der Waals surface area (Å²) in [4.78, 5) is 9.09. The van der Waals surface area contributed by atoms with Gasteiger partial charge in [0.05, 0.1) is 17.2 Å².